The Bertz CT molecular complexity index is 2560. The Morgan fingerprint density at radius 2 is 1.49 bits per heavy atom. The third kappa shape index (κ3) is 14.2. The molecule has 1 aliphatic heterocycles. The summed E-state index contributed by atoms with van der Waals surface area (Å²) < 4.78 is 17.7. The van der Waals surface area contributed by atoms with Crippen LogP contribution in [0.1, 0.15) is 122 Å². The first-order chi connectivity index (χ1) is 34.5. The number of nitrogens with zero attached hydrogens (tertiary/aromatic N) is 3. The standard InChI is InChI=1S/C57H69N5O8S/c1-5-48(40-16-8-6-9-17-40)52(41-23-27-45(63)28-24-41)42-25-29-46(30-26-42)70-35-32-61(4)51(64)37-68-33-12-13-34-69-47-21-14-20-44(36-47)54(65)49-38-71-56(59-49)50-22-15-31-62(50)57(67)53(43-18-10-7-11-19-43)60-55(66)39(2)58-3/h6,8-9,14,16-17,20-21,23-30,36,38-39,43,50,53,58,63H,5,7,10-13,15,18-19,22,31-35,37H2,1-4H3,(H,60,66)/b52-48-/t39-,50-,53-/m0/s1. The number of aromatic nitrogens is 1. The fraction of sp³-hybridized carbons (Fsp3) is 0.421. The van der Waals surface area contributed by atoms with E-state index in [0.29, 0.717) is 68.5 Å². The summed E-state index contributed by atoms with van der Waals surface area (Å²) in [5.74, 6) is 0.997. The van der Waals surface area contributed by atoms with Gasteiger partial charge < -0.3 is 39.8 Å². The molecule has 0 bridgehead atoms. The number of carbonyl (C=O) groups excluding carboxylic acids is 4. The van der Waals surface area contributed by atoms with Crippen LogP contribution >= 0.6 is 11.3 Å². The van der Waals surface area contributed by atoms with Crippen molar-refractivity contribution in [2.45, 2.75) is 96.2 Å². The SMILES string of the molecule is CC/C(=C(\c1ccc(O)cc1)c1ccc(OCCN(C)C(=O)COCCCCOc2cccc(C(=O)c3csc([C@@H]4CCCN4C(=O)[C@@H](NC(=O)[C@H](C)NC)C4CCCCC4)n3)c2)cc1)c1ccccc1. The number of allylic oxidation sites excluding steroid dienone is 1. The van der Waals surface area contributed by atoms with Gasteiger partial charge in [0, 0.05) is 31.1 Å². The number of hydrogen-bond donors (Lipinski definition) is 3. The summed E-state index contributed by atoms with van der Waals surface area (Å²) >= 11 is 1.39. The van der Waals surface area contributed by atoms with Crippen LogP contribution in [-0.2, 0) is 19.1 Å². The molecule has 376 valence electrons. The smallest absolute Gasteiger partial charge is 0.248 e. The second kappa shape index (κ2) is 26.2. The van der Waals surface area contributed by atoms with Gasteiger partial charge in [-0.25, -0.2) is 4.98 Å². The Kier molecular flexibility index (Phi) is 19.4. The van der Waals surface area contributed by atoms with Crippen molar-refractivity contribution in [3.8, 4) is 17.2 Å². The quantitative estimate of drug-likeness (QED) is 0.0309. The van der Waals surface area contributed by atoms with Crippen LogP contribution in [0.15, 0.2) is 109 Å². The maximum absolute atomic E-state index is 14.2. The molecule has 0 radical (unpaired) electrons. The van der Waals surface area contributed by atoms with E-state index in [4.69, 9.17) is 19.2 Å². The molecule has 3 atom stereocenters. The minimum Gasteiger partial charge on any atom is -0.508 e. The van der Waals surface area contributed by atoms with Crippen molar-refractivity contribution in [1.82, 2.24) is 25.4 Å². The van der Waals surface area contributed by atoms with Gasteiger partial charge in [-0.15, -0.1) is 11.3 Å². The number of hydrogen-bond acceptors (Lipinski definition) is 11. The van der Waals surface area contributed by atoms with E-state index in [9.17, 15) is 24.3 Å². The first kappa shape index (κ1) is 52.5. The predicted molar refractivity (Wildman–Crippen MR) is 279 cm³/mol. The molecule has 13 nitrogen and oxygen atoms in total. The molecular weight excluding hydrogens is 915 g/mol. The Balaban J connectivity index is 0.820. The summed E-state index contributed by atoms with van der Waals surface area (Å²) in [6.07, 6.45) is 8.86. The van der Waals surface area contributed by atoms with Crippen molar-refractivity contribution in [3.05, 3.63) is 141 Å². The minimum absolute atomic E-state index is 0.0350. The Morgan fingerprint density at radius 3 is 2.21 bits per heavy atom. The summed E-state index contributed by atoms with van der Waals surface area (Å²) in [7, 11) is 3.47. The predicted octanol–water partition coefficient (Wildman–Crippen LogP) is 9.50. The molecule has 2 aliphatic rings. The molecule has 14 heteroatoms. The van der Waals surface area contributed by atoms with Crippen LogP contribution in [-0.4, -0.2) is 109 Å². The maximum Gasteiger partial charge on any atom is 0.248 e. The first-order valence-corrected chi connectivity index (χ1v) is 26.1. The van der Waals surface area contributed by atoms with E-state index in [1.807, 2.05) is 65.6 Å². The lowest BCUT2D eigenvalue weighted by molar-refractivity contribution is -0.139. The number of likely N-dealkylation sites (tertiary alicyclic amines) is 1. The number of ether oxygens (including phenoxy) is 3. The molecular formula is C57H69N5O8S. The average molecular weight is 984 g/mol. The van der Waals surface area contributed by atoms with E-state index < -0.39 is 12.1 Å². The van der Waals surface area contributed by atoms with Crippen molar-refractivity contribution < 1.29 is 38.5 Å². The normalized spacial score (nSPS) is 16.2. The summed E-state index contributed by atoms with van der Waals surface area (Å²) in [5, 5.41) is 18.5. The molecule has 2 fully saturated rings. The monoisotopic (exact) mass is 983 g/mol. The highest BCUT2D eigenvalue weighted by atomic mass is 32.1. The zero-order valence-electron chi connectivity index (χ0n) is 41.6. The molecule has 0 unspecified atom stereocenters. The zero-order chi connectivity index (χ0) is 50.1. The number of ketones is 1. The third-order valence-electron chi connectivity index (χ3n) is 13.6. The Hall–Kier alpha value is -6.35. The van der Waals surface area contributed by atoms with E-state index in [2.05, 4.69) is 29.7 Å². The molecule has 3 N–H and O–H groups in total. The van der Waals surface area contributed by atoms with E-state index >= 15 is 0 Å². The second-order valence-electron chi connectivity index (χ2n) is 18.4. The maximum atomic E-state index is 14.2. The van der Waals surface area contributed by atoms with Crippen LogP contribution in [0.5, 0.6) is 17.2 Å². The van der Waals surface area contributed by atoms with E-state index in [1.165, 1.54) is 16.9 Å². The molecule has 2 heterocycles. The average Bonchev–Trinajstić information content (AvgIpc) is 4.11. The molecule has 3 amide bonds. The van der Waals surface area contributed by atoms with Crippen molar-refractivity contribution in [2.24, 2.45) is 5.92 Å². The van der Waals surface area contributed by atoms with E-state index in [-0.39, 0.29) is 47.8 Å². The lowest BCUT2D eigenvalue weighted by atomic mass is 9.83. The number of phenolic OH excluding ortho intramolecular Hbond substituents is 1. The van der Waals surface area contributed by atoms with Crippen molar-refractivity contribution in [2.75, 3.05) is 53.6 Å². The number of unbranched alkanes of at least 4 members (excludes halogenated alkanes) is 1. The molecule has 1 aromatic heterocycles. The number of aromatic hydroxyl groups is 1. The highest BCUT2D eigenvalue weighted by molar-refractivity contribution is 7.10. The summed E-state index contributed by atoms with van der Waals surface area (Å²) in [4.78, 5) is 62.0. The number of nitrogens with one attached hydrogen (secondary N) is 2. The number of likely N-dealkylation sites (N-methyl/N-ethyl adjacent to an activating group) is 2. The largest absolute Gasteiger partial charge is 0.508 e. The number of thiazole rings is 1. The molecule has 0 spiro atoms. The van der Waals surface area contributed by atoms with Crippen LogP contribution < -0.4 is 20.1 Å². The summed E-state index contributed by atoms with van der Waals surface area (Å²) in [6.45, 7) is 6.03. The van der Waals surface area contributed by atoms with Gasteiger partial charge in [-0.1, -0.05) is 92.9 Å². The topological polar surface area (TPSA) is 160 Å². The molecule has 7 rings (SSSR count). The third-order valence-corrected chi connectivity index (χ3v) is 14.5. The Labute approximate surface area is 422 Å². The lowest BCUT2D eigenvalue weighted by Gasteiger charge is -2.35. The fourth-order valence-corrected chi connectivity index (χ4v) is 10.3. The molecule has 1 aliphatic carbocycles. The van der Waals surface area contributed by atoms with Gasteiger partial charge in [0.1, 0.15) is 47.2 Å². The zero-order valence-corrected chi connectivity index (χ0v) is 42.4. The second-order valence-corrected chi connectivity index (χ2v) is 19.3. The van der Waals surface area contributed by atoms with E-state index in [0.717, 1.165) is 78.6 Å². The molecule has 5 aromatic rings. The highest BCUT2D eigenvalue weighted by Crippen LogP contribution is 2.38. The number of rotatable bonds is 24. The van der Waals surface area contributed by atoms with Crippen LogP contribution in [0.4, 0.5) is 0 Å². The highest BCUT2D eigenvalue weighted by Gasteiger charge is 2.40. The number of benzene rings is 4. The van der Waals surface area contributed by atoms with Gasteiger partial charge in [-0.3, -0.25) is 19.2 Å². The Morgan fingerprint density at radius 1 is 0.803 bits per heavy atom. The lowest BCUT2D eigenvalue weighted by Crippen LogP contribution is -2.55. The van der Waals surface area contributed by atoms with Gasteiger partial charge in [-0.05, 0) is 129 Å². The summed E-state index contributed by atoms with van der Waals surface area (Å²) in [6, 6.07) is 31.4. The first-order valence-electron chi connectivity index (χ1n) is 25.2. The van der Waals surface area contributed by atoms with E-state index in [1.54, 1.807) is 61.6 Å². The molecule has 1 saturated carbocycles. The summed E-state index contributed by atoms with van der Waals surface area (Å²) in [5.41, 5.74) is 6.28. The number of amides is 3. The minimum atomic E-state index is -0.584. The van der Waals surface area contributed by atoms with Crippen LogP contribution in [0.25, 0.3) is 11.1 Å². The van der Waals surface area contributed by atoms with Crippen molar-refractivity contribution >= 4 is 46.0 Å². The van der Waals surface area contributed by atoms with Crippen LogP contribution in [0.3, 0.4) is 0 Å². The van der Waals surface area contributed by atoms with Gasteiger partial charge >= 0.3 is 0 Å². The van der Waals surface area contributed by atoms with Gasteiger partial charge in [0.2, 0.25) is 23.5 Å². The van der Waals surface area contributed by atoms with Crippen molar-refractivity contribution in [3.63, 3.8) is 0 Å². The van der Waals surface area contributed by atoms with Gasteiger partial charge in [-0.2, -0.15) is 0 Å². The van der Waals surface area contributed by atoms with Crippen molar-refractivity contribution in [1.29, 1.82) is 0 Å². The molecule has 1 saturated heterocycles. The van der Waals surface area contributed by atoms with Gasteiger partial charge in [0.15, 0.2) is 0 Å². The molecule has 4 aromatic carbocycles. The van der Waals surface area contributed by atoms with Gasteiger partial charge in [0.05, 0.1) is 25.2 Å². The van der Waals surface area contributed by atoms with Crippen LogP contribution in [0.2, 0.25) is 0 Å². The fourth-order valence-electron chi connectivity index (χ4n) is 9.36. The number of phenols is 1. The number of carbonyl (C=O) groups is 4. The van der Waals surface area contributed by atoms with Crippen LogP contribution in [0, 0.1) is 5.92 Å². The van der Waals surface area contributed by atoms with Gasteiger partial charge in [0.25, 0.3) is 0 Å². The molecule has 71 heavy (non-hydrogen) atoms.